The van der Waals surface area contributed by atoms with Crippen LogP contribution in [0.4, 0.5) is 15.4 Å². The Morgan fingerprint density at radius 3 is 1.67 bits per heavy atom. The molecule has 2 N–H and O–H groups in total. The summed E-state index contributed by atoms with van der Waals surface area (Å²) in [5, 5.41) is 10.3. The van der Waals surface area contributed by atoms with E-state index in [1.165, 1.54) is 0 Å². The van der Waals surface area contributed by atoms with Gasteiger partial charge in [-0.3, -0.25) is 5.32 Å². The van der Waals surface area contributed by atoms with E-state index in [1.54, 1.807) is 10.9 Å². The first-order valence-corrected chi connectivity index (χ1v) is 15.7. The summed E-state index contributed by atoms with van der Waals surface area (Å²) in [6.45, 7) is 12.0. The number of carbonyl (C=O) groups is 2. The van der Waals surface area contributed by atoms with Crippen molar-refractivity contribution < 1.29 is 23.8 Å². The number of aromatic nitrogens is 2. The van der Waals surface area contributed by atoms with Crippen LogP contribution in [-0.4, -0.2) is 46.3 Å². The Balaban J connectivity index is 1.58. The maximum absolute atomic E-state index is 12.9. The van der Waals surface area contributed by atoms with Crippen molar-refractivity contribution in [2.45, 2.75) is 77.7 Å². The Morgan fingerprint density at radius 2 is 1.20 bits per heavy atom. The Morgan fingerprint density at radius 1 is 0.717 bits per heavy atom. The van der Waals surface area contributed by atoms with E-state index in [-0.39, 0.29) is 6.61 Å². The van der Waals surface area contributed by atoms with Gasteiger partial charge in [-0.2, -0.15) is 5.10 Å². The zero-order chi connectivity index (χ0) is 33.2. The Kier molecular flexibility index (Phi) is 11.2. The molecule has 1 heterocycles. The van der Waals surface area contributed by atoms with E-state index in [4.69, 9.17) is 14.2 Å². The van der Waals surface area contributed by atoms with Crippen molar-refractivity contribution in [3.63, 3.8) is 0 Å². The van der Waals surface area contributed by atoms with E-state index in [0.717, 1.165) is 22.3 Å². The molecule has 2 amide bonds. The average molecular weight is 627 g/mol. The van der Waals surface area contributed by atoms with Crippen molar-refractivity contribution in [2.75, 3.05) is 18.5 Å². The number of amides is 2. The minimum atomic E-state index is -0.883. The summed E-state index contributed by atoms with van der Waals surface area (Å²) < 4.78 is 19.6. The molecule has 1 aromatic heterocycles. The summed E-state index contributed by atoms with van der Waals surface area (Å²) in [7, 11) is 0. The molecule has 0 aliphatic rings. The van der Waals surface area contributed by atoms with Gasteiger partial charge >= 0.3 is 12.2 Å². The van der Waals surface area contributed by atoms with Crippen LogP contribution in [0.3, 0.4) is 0 Å². The molecule has 3 aromatic carbocycles. The topological polar surface area (TPSA) is 104 Å². The molecule has 4 aromatic rings. The molecule has 0 fully saturated rings. The fourth-order valence-electron chi connectivity index (χ4n) is 5.16. The summed E-state index contributed by atoms with van der Waals surface area (Å²) in [5.74, 6) is 0.528. The molecule has 9 heteroatoms. The van der Waals surface area contributed by atoms with Crippen LogP contribution in [0.25, 0.3) is 0 Å². The maximum atomic E-state index is 12.9. The van der Waals surface area contributed by atoms with Gasteiger partial charge in [0, 0.05) is 12.1 Å². The second-order valence-electron chi connectivity index (χ2n) is 13.0. The number of alkyl carbamates (subject to hydrolysis) is 1. The average Bonchev–Trinajstić information content (AvgIpc) is 3.37. The number of hydrogen-bond donors (Lipinski definition) is 2. The Bertz CT molecular complexity index is 1440. The number of nitrogens with zero attached hydrogens (tertiary/aromatic N) is 2. The molecule has 244 valence electrons. The largest absolute Gasteiger partial charge is 0.444 e. The van der Waals surface area contributed by atoms with Gasteiger partial charge in [0.25, 0.3) is 0 Å². The van der Waals surface area contributed by atoms with Gasteiger partial charge in [-0.05, 0) is 71.1 Å². The Labute approximate surface area is 272 Å². The molecule has 0 spiro atoms. The van der Waals surface area contributed by atoms with Gasteiger partial charge < -0.3 is 19.5 Å². The normalized spacial score (nSPS) is 12.0. The quantitative estimate of drug-likeness (QED) is 0.123. The van der Waals surface area contributed by atoms with E-state index in [1.807, 2.05) is 96.1 Å². The molecule has 46 heavy (non-hydrogen) atoms. The van der Waals surface area contributed by atoms with Gasteiger partial charge in [0.1, 0.15) is 22.6 Å². The molecule has 9 nitrogen and oxygen atoms in total. The van der Waals surface area contributed by atoms with Crippen LogP contribution in [-0.2, 0) is 32.8 Å². The van der Waals surface area contributed by atoms with Crippen LogP contribution in [0.15, 0.2) is 97.2 Å². The van der Waals surface area contributed by atoms with Gasteiger partial charge in [-0.1, -0.05) is 91.0 Å². The molecule has 0 bridgehead atoms. The molecule has 0 aliphatic carbocycles. The SMILES string of the molecule is CC(C)(C)OC(=O)NCCCc1cnn(CCOC(c2ccccc2)(c2ccccc2)c2ccccc2)c1NC(=O)OC(C)(C)C. The highest BCUT2D eigenvalue weighted by molar-refractivity contribution is 5.84. The monoisotopic (exact) mass is 626 g/mol. The van der Waals surface area contributed by atoms with Gasteiger partial charge in [-0.15, -0.1) is 0 Å². The number of benzene rings is 3. The molecule has 0 saturated heterocycles. The number of nitrogens with one attached hydrogen (secondary N) is 2. The molecule has 0 saturated carbocycles. The summed E-state index contributed by atoms with van der Waals surface area (Å²) in [6, 6.07) is 30.5. The molecule has 0 atom stereocenters. The zero-order valence-electron chi connectivity index (χ0n) is 27.7. The minimum Gasteiger partial charge on any atom is -0.444 e. The lowest BCUT2D eigenvalue weighted by Gasteiger charge is -2.36. The highest BCUT2D eigenvalue weighted by atomic mass is 16.6. The molecule has 0 aliphatic heterocycles. The summed E-state index contributed by atoms with van der Waals surface area (Å²) in [6.07, 6.45) is 1.87. The zero-order valence-corrected chi connectivity index (χ0v) is 27.7. The van der Waals surface area contributed by atoms with E-state index < -0.39 is 29.0 Å². The number of rotatable bonds is 12. The number of carbonyl (C=O) groups excluding carboxylic acids is 2. The van der Waals surface area contributed by atoms with Crippen LogP contribution in [0.1, 0.15) is 70.2 Å². The number of hydrogen-bond acceptors (Lipinski definition) is 6. The van der Waals surface area contributed by atoms with Crippen molar-refractivity contribution in [2.24, 2.45) is 0 Å². The lowest BCUT2D eigenvalue weighted by atomic mass is 9.80. The maximum Gasteiger partial charge on any atom is 0.413 e. The lowest BCUT2D eigenvalue weighted by Crippen LogP contribution is -2.34. The van der Waals surface area contributed by atoms with Crippen LogP contribution in [0.5, 0.6) is 0 Å². The highest BCUT2D eigenvalue weighted by Crippen LogP contribution is 2.40. The van der Waals surface area contributed by atoms with Crippen LogP contribution >= 0.6 is 0 Å². The first-order chi connectivity index (χ1) is 21.9. The third kappa shape index (κ3) is 9.44. The van der Waals surface area contributed by atoms with Crippen LogP contribution in [0.2, 0.25) is 0 Å². The number of aryl methyl sites for hydroxylation is 1. The molecular formula is C37H46N4O5. The molecule has 4 rings (SSSR count). The van der Waals surface area contributed by atoms with E-state index in [9.17, 15) is 9.59 Å². The first-order valence-electron chi connectivity index (χ1n) is 15.7. The summed E-state index contributed by atoms with van der Waals surface area (Å²) in [4.78, 5) is 25.0. The standard InChI is InChI=1S/C37H46N4O5/c1-35(2,3)45-33(42)38-24-16-17-28-27-39-41(32(28)40-34(43)46-36(4,5)6)25-26-44-37(29-18-10-7-11-19-29,30-20-12-8-13-21-30)31-22-14-9-15-23-31/h7-15,18-23,27H,16-17,24-26H2,1-6H3,(H,38,42)(H,40,43). The predicted molar refractivity (Wildman–Crippen MR) is 180 cm³/mol. The molecule has 0 radical (unpaired) electrons. The lowest BCUT2D eigenvalue weighted by molar-refractivity contribution is 0.00729. The smallest absolute Gasteiger partial charge is 0.413 e. The highest BCUT2D eigenvalue weighted by Gasteiger charge is 2.37. The van der Waals surface area contributed by atoms with Crippen molar-refractivity contribution >= 4 is 18.0 Å². The van der Waals surface area contributed by atoms with Gasteiger partial charge in [0.05, 0.1) is 19.3 Å². The van der Waals surface area contributed by atoms with Crippen molar-refractivity contribution in [3.8, 4) is 0 Å². The number of ether oxygens (including phenoxy) is 3. The third-order valence-electron chi connectivity index (χ3n) is 6.99. The van der Waals surface area contributed by atoms with Crippen molar-refractivity contribution in [1.29, 1.82) is 0 Å². The fourth-order valence-corrected chi connectivity index (χ4v) is 5.16. The second kappa shape index (κ2) is 15.1. The third-order valence-corrected chi connectivity index (χ3v) is 6.99. The van der Waals surface area contributed by atoms with Crippen molar-refractivity contribution in [1.82, 2.24) is 15.1 Å². The van der Waals surface area contributed by atoms with Gasteiger partial charge in [0.15, 0.2) is 0 Å². The molecular weight excluding hydrogens is 580 g/mol. The predicted octanol–water partition coefficient (Wildman–Crippen LogP) is 7.70. The number of anilines is 1. The van der Waals surface area contributed by atoms with Gasteiger partial charge in [0.2, 0.25) is 0 Å². The van der Waals surface area contributed by atoms with E-state index in [0.29, 0.717) is 31.7 Å². The van der Waals surface area contributed by atoms with Gasteiger partial charge in [-0.25, -0.2) is 14.3 Å². The first kappa shape index (κ1) is 34.2. The minimum absolute atomic E-state index is 0.281. The Hall–Kier alpha value is -4.63. The fraction of sp³-hybridized carbons (Fsp3) is 0.378. The van der Waals surface area contributed by atoms with Crippen molar-refractivity contribution in [3.05, 3.63) is 119 Å². The second-order valence-corrected chi connectivity index (χ2v) is 13.0. The van der Waals surface area contributed by atoms with Crippen LogP contribution in [0, 0.1) is 0 Å². The summed E-state index contributed by atoms with van der Waals surface area (Å²) >= 11 is 0. The summed E-state index contributed by atoms with van der Waals surface area (Å²) in [5.41, 5.74) is 1.69. The molecule has 0 unspecified atom stereocenters. The van der Waals surface area contributed by atoms with E-state index in [2.05, 4.69) is 52.1 Å². The van der Waals surface area contributed by atoms with Crippen LogP contribution < -0.4 is 10.6 Å². The van der Waals surface area contributed by atoms with E-state index >= 15 is 0 Å².